The van der Waals surface area contributed by atoms with E-state index in [0.29, 0.717) is 10.8 Å². The summed E-state index contributed by atoms with van der Waals surface area (Å²) in [6.07, 6.45) is -4.57. The van der Waals surface area contributed by atoms with Crippen molar-refractivity contribution in [2.45, 2.75) is 36.8 Å². The molecule has 0 amide bonds. The Hall–Kier alpha value is -0.640. The first-order chi connectivity index (χ1) is 9.08. The number of rotatable bonds is 6. The van der Waals surface area contributed by atoms with Gasteiger partial charge in [-0.15, -0.1) is 11.3 Å². The largest absolute Gasteiger partial charge is 0.402 e. The fraction of sp³-hybridized carbons (Fsp3) is 0.636. The fourth-order valence-corrected chi connectivity index (χ4v) is 4.58. The number of alkyl halides is 3. The van der Waals surface area contributed by atoms with Crippen LogP contribution in [0.1, 0.15) is 19.4 Å². The van der Waals surface area contributed by atoms with Crippen LogP contribution in [0.4, 0.5) is 13.2 Å². The maximum atomic E-state index is 12.5. The lowest BCUT2D eigenvalue weighted by Gasteiger charge is -2.26. The molecule has 0 bridgehead atoms. The summed E-state index contributed by atoms with van der Waals surface area (Å²) in [6, 6.07) is 0.638. The van der Waals surface area contributed by atoms with E-state index in [1.807, 2.05) is 0 Å². The second-order valence-corrected chi connectivity index (χ2v) is 7.59. The minimum Gasteiger partial charge on any atom is -0.316 e. The van der Waals surface area contributed by atoms with Crippen molar-refractivity contribution >= 4 is 21.4 Å². The maximum absolute atomic E-state index is 12.5. The number of hydrogen-bond acceptors (Lipinski definition) is 4. The van der Waals surface area contributed by atoms with Crippen molar-refractivity contribution < 1.29 is 21.6 Å². The Morgan fingerprint density at radius 2 is 2.00 bits per heavy atom. The molecule has 9 heteroatoms. The summed E-state index contributed by atoms with van der Waals surface area (Å²) in [7, 11) is -2.42. The van der Waals surface area contributed by atoms with Gasteiger partial charge in [0.15, 0.2) is 0 Å². The highest BCUT2D eigenvalue weighted by molar-refractivity contribution is 7.91. The Labute approximate surface area is 120 Å². The standard InChI is InChI=1S/C11H17F3N2O2S2/c1-8(2)16(7-11(12,13)14)20(17,18)10-4-9(5-15-3)6-19-10/h4,6,8,15H,5,7H2,1-3H3. The van der Waals surface area contributed by atoms with Crippen LogP contribution in [-0.4, -0.2) is 38.5 Å². The normalized spacial score (nSPS) is 13.4. The molecular formula is C11H17F3N2O2S2. The van der Waals surface area contributed by atoms with Gasteiger partial charge < -0.3 is 5.32 Å². The molecule has 0 spiro atoms. The molecule has 4 nitrogen and oxygen atoms in total. The van der Waals surface area contributed by atoms with Gasteiger partial charge in [-0.1, -0.05) is 0 Å². The SMILES string of the molecule is CNCc1csc(S(=O)(=O)N(CC(F)(F)F)C(C)C)c1. The van der Waals surface area contributed by atoms with Gasteiger partial charge in [0.25, 0.3) is 10.0 Å². The van der Waals surface area contributed by atoms with Crippen LogP contribution < -0.4 is 5.32 Å². The summed E-state index contributed by atoms with van der Waals surface area (Å²) in [6.45, 7) is 1.83. The van der Waals surface area contributed by atoms with E-state index in [1.165, 1.54) is 19.9 Å². The molecule has 0 atom stereocenters. The molecule has 20 heavy (non-hydrogen) atoms. The summed E-state index contributed by atoms with van der Waals surface area (Å²) in [4.78, 5) is 0. The first kappa shape index (κ1) is 17.4. The smallest absolute Gasteiger partial charge is 0.316 e. The summed E-state index contributed by atoms with van der Waals surface area (Å²) < 4.78 is 62.6. The minimum atomic E-state index is -4.57. The monoisotopic (exact) mass is 330 g/mol. The number of nitrogens with zero attached hydrogens (tertiary/aromatic N) is 1. The van der Waals surface area contributed by atoms with Crippen LogP contribution in [0.3, 0.4) is 0 Å². The van der Waals surface area contributed by atoms with E-state index in [2.05, 4.69) is 5.32 Å². The summed E-state index contributed by atoms with van der Waals surface area (Å²) in [5, 5.41) is 4.48. The average Bonchev–Trinajstić information content (AvgIpc) is 2.74. The lowest BCUT2D eigenvalue weighted by Crippen LogP contribution is -2.42. The van der Waals surface area contributed by atoms with Crippen LogP contribution in [0.5, 0.6) is 0 Å². The second-order valence-electron chi connectivity index (χ2n) is 4.56. The molecule has 1 aromatic rings. The number of thiophene rings is 1. The molecule has 1 N–H and O–H groups in total. The summed E-state index contributed by atoms with van der Waals surface area (Å²) in [5.41, 5.74) is 0.729. The maximum Gasteiger partial charge on any atom is 0.402 e. The molecule has 116 valence electrons. The van der Waals surface area contributed by atoms with Gasteiger partial charge in [-0.05, 0) is 37.9 Å². The van der Waals surface area contributed by atoms with Gasteiger partial charge in [-0.2, -0.15) is 17.5 Å². The van der Waals surface area contributed by atoms with Crippen molar-refractivity contribution in [2.75, 3.05) is 13.6 Å². The van der Waals surface area contributed by atoms with Crippen LogP contribution in [0.2, 0.25) is 0 Å². The van der Waals surface area contributed by atoms with Crippen LogP contribution in [-0.2, 0) is 16.6 Å². The zero-order valence-electron chi connectivity index (χ0n) is 11.4. The van der Waals surface area contributed by atoms with Crippen LogP contribution >= 0.6 is 11.3 Å². The molecule has 0 saturated heterocycles. The lowest BCUT2D eigenvalue weighted by molar-refractivity contribution is -0.138. The molecule has 0 aliphatic rings. The Balaban J connectivity index is 3.09. The minimum absolute atomic E-state index is 0.0688. The van der Waals surface area contributed by atoms with Crippen LogP contribution in [0, 0.1) is 0 Å². The van der Waals surface area contributed by atoms with Crippen molar-refractivity contribution in [3.8, 4) is 0 Å². The first-order valence-electron chi connectivity index (χ1n) is 5.88. The van der Waals surface area contributed by atoms with E-state index in [0.717, 1.165) is 16.9 Å². The van der Waals surface area contributed by atoms with Gasteiger partial charge in [0.2, 0.25) is 0 Å². The van der Waals surface area contributed by atoms with Gasteiger partial charge in [-0.25, -0.2) is 8.42 Å². The molecule has 0 aromatic carbocycles. The van der Waals surface area contributed by atoms with E-state index in [1.54, 1.807) is 12.4 Å². The first-order valence-corrected chi connectivity index (χ1v) is 8.20. The van der Waals surface area contributed by atoms with E-state index in [9.17, 15) is 21.6 Å². The van der Waals surface area contributed by atoms with Crippen molar-refractivity contribution in [3.05, 3.63) is 17.0 Å². The molecular weight excluding hydrogens is 313 g/mol. The second kappa shape index (κ2) is 6.42. The highest BCUT2D eigenvalue weighted by atomic mass is 32.2. The van der Waals surface area contributed by atoms with Gasteiger partial charge in [0, 0.05) is 12.6 Å². The molecule has 0 fully saturated rings. The Bertz CT molecular complexity index is 538. The van der Waals surface area contributed by atoms with Gasteiger partial charge in [0.1, 0.15) is 10.8 Å². The van der Waals surface area contributed by atoms with Crippen molar-refractivity contribution in [2.24, 2.45) is 0 Å². The third-order valence-corrected chi connectivity index (χ3v) is 5.97. The molecule has 0 radical (unpaired) electrons. The summed E-state index contributed by atoms with van der Waals surface area (Å²) in [5.74, 6) is 0. The fourth-order valence-electron chi connectivity index (χ4n) is 1.62. The number of hydrogen-bond donors (Lipinski definition) is 1. The number of nitrogens with one attached hydrogen (secondary N) is 1. The zero-order valence-corrected chi connectivity index (χ0v) is 13.0. The Morgan fingerprint density at radius 3 is 2.45 bits per heavy atom. The van der Waals surface area contributed by atoms with E-state index < -0.39 is 28.8 Å². The highest BCUT2D eigenvalue weighted by Crippen LogP contribution is 2.28. The molecule has 0 aliphatic carbocycles. The third-order valence-electron chi connectivity index (χ3n) is 2.48. The zero-order chi connectivity index (χ0) is 15.6. The molecule has 0 unspecified atom stereocenters. The van der Waals surface area contributed by atoms with Crippen molar-refractivity contribution in [1.29, 1.82) is 0 Å². The Morgan fingerprint density at radius 1 is 1.40 bits per heavy atom. The van der Waals surface area contributed by atoms with Crippen molar-refractivity contribution in [3.63, 3.8) is 0 Å². The number of sulfonamides is 1. The quantitative estimate of drug-likeness (QED) is 0.871. The van der Waals surface area contributed by atoms with E-state index in [-0.39, 0.29) is 4.21 Å². The summed E-state index contributed by atoms with van der Waals surface area (Å²) >= 11 is 0.931. The Kier molecular flexibility index (Phi) is 5.59. The van der Waals surface area contributed by atoms with Gasteiger partial charge in [-0.3, -0.25) is 0 Å². The van der Waals surface area contributed by atoms with E-state index in [4.69, 9.17) is 0 Å². The lowest BCUT2D eigenvalue weighted by atomic mass is 10.3. The van der Waals surface area contributed by atoms with Crippen LogP contribution in [0.15, 0.2) is 15.7 Å². The molecule has 0 aliphatic heterocycles. The topological polar surface area (TPSA) is 49.4 Å². The van der Waals surface area contributed by atoms with Crippen LogP contribution in [0.25, 0.3) is 0 Å². The predicted molar refractivity (Wildman–Crippen MR) is 72.2 cm³/mol. The predicted octanol–water partition coefficient (Wildman–Crippen LogP) is 2.43. The van der Waals surface area contributed by atoms with Gasteiger partial charge >= 0.3 is 6.18 Å². The average molecular weight is 330 g/mol. The molecule has 1 rings (SSSR count). The molecule has 1 heterocycles. The third kappa shape index (κ3) is 4.44. The van der Waals surface area contributed by atoms with Crippen molar-refractivity contribution in [1.82, 2.24) is 9.62 Å². The molecule has 1 aromatic heterocycles. The van der Waals surface area contributed by atoms with Gasteiger partial charge in [0.05, 0.1) is 0 Å². The number of halogens is 3. The molecule has 0 saturated carbocycles. The highest BCUT2D eigenvalue weighted by Gasteiger charge is 2.39. The van der Waals surface area contributed by atoms with E-state index >= 15 is 0 Å².